The first-order valence-corrected chi connectivity index (χ1v) is 5.54. The number of hydrogen-bond donors (Lipinski definition) is 2. The summed E-state index contributed by atoms with van der Waals surface area (Å²) in [6.07, 6.45) is 2.61. The van der Waals surface area contributed by atoms with Crippen LogP contribution >= 0.6 is 0 Å². The van der Waals surface area contributed by atoms with Gasteiger partial charge in [-0.2, -0.15) is 0 Å². The van der Waals surface area contributed by atoms with E-state index >= 15 is 0 Å². The van der Waals surface area contributed by atoms with Gasteiger partial charge in [-0.25, -0.2) is 0 Å². The Kier molecular flexibility index (Phi) is 4.54. The number of carboxylic acid groups (broad SMARTS) is 1. The largest absolute Gasteiger partial charge is 0.481 e. The van der Waals surface area contributed by atoms with Gasteiger partial charge in [0.25, 0.3) is 0 Å². The molecule has 0 aromatic rings. The highest BCUT2D eigenvalue weighted by Gasteiger charge is 2.26. The zero-order chi connectivity index (χ0) is 11.3. The van der Waals surface area contributed by atoms with Gasteiger partial charge >= 0.3 is 5.97 Å². The fourth-order valence-electron chi connectivity index (χ4n) is 1.16. The van der Waals surface area contributed by atoms with E-state index in [9.17, 15) is 4.79 Å². The molecule has 4 nitrogen and oxygen atoms in total. The average Bonchev–Trinajstić information content (AvgIpc) is 2.94. The molecule has 88 valence electrons. The average molecular weight is 215 g/mol. The zero-order valence-corrected chi connectivity index (χ0v) is 9.58. The topological polar surface area (TPSA) is 58.6 Å². The minimum Gasteiger partial charge on any atom is -0.481 e. The van der Waals surface area contributed by atoms with E-state index in [1.807, 2.05) is 0 Å². The van der Waals surface area contributed by atoms with Crippen molar-refractivity contribution in [1.82, 2.24) is 5.32 Å². The second kappa shape index (κ2) is 5.47. The minimum absolute atomic E-state index is 0.481. The molecule has 0 saturated heterocycles. The summed E-state index contributed by atoms with van der Waals surface area (Å²) in [5.74, 6) is 0.0226. The standard InChI is InChI=1S/C11H21NO3/c1-11(2,10(13)14)8-12-5-6-15-7-9-3-4-9/h9,12H,3-8H2,1-2H3,(H,13,14). The summed E-state index contributed by atoms with van der Waals surface area (Å²) in [6.45, 7) is 6.18. The van der Waals surface area contributed by atoms with Crippen LogP contribution in [0.25, 0.3) is 0 Å². The van der Waals surface area contributed by atoms with Crippen LogP contribution in [0.4, 0.5) is 0 Å². The molecule has 0 heterocycles. The molecule has 0 aromatic carbocycles. The highest BCUT2D eigenvalue weighted by molar-refractivity contribution is 5.73. The van der Waals surface area contributed by atoms with Gasteiger partial charge in [0.15, 0.2) is 0 Å². The van der Waals surface area contributed by atoms with Crippen LogP contribution in [0.5, 0.6) is 0 Å². The smallest absolute Gasteiger partial charge is 0.310 e. The summed E-state index contributed by atoms with van der Waals surface area (Å²) < 4.78 is 5.42. The molecule has 0 aliphatic heterocycles. The third-order valence-corrected chi connectivity index (χ3v) is 2.62. The Morgan fingerprint density at radius 3 is 2.73 bits per heavy atom. The van der Waals surface area contributed by atoms with Crippen molar-refractivity contribution in [2.75, 3.05) is 26.3 Å². The number of nitrogens with one attached hydrogen (secondary N) is 1. The van der Waals surface area contributed by atoms with Crippen LogP contribution in [0.15, 0.2) is 0 Å². The van der Waals surface area contributed by atoms with E-state index in [1.54, 1.807) is 13.8 Å². The van der Waals surface area contributed by atoms with E-state index in [-0.39, 0.29) is 0 Å². The first-order valence-electron chi connectivity index (χ1n) is 5.54. The van der Waals surface area contributed by atoms with Gasteiger partial charge in [-0.05, 0) is 32.6 Å². The minimum atomic E-state index is -0.770. The van der Waals surface area contributed by atoms with E-state index < -0.39 is 11.4 Å². The molecular formula is C11H21NO3. The van der Waals surface area contributed by atoms with Gasteiger partial charge in [0.2, 0.25) is 0 Å². The molecule has 0 radical (unpaired) electrons. The molecule has 0 aromatic heterocycles. The number of hydrogen-bond acceptors (Lipinski definition) is 3. The molecule has 1 saturated carbocycles. The predicted octanol–water partition coefficient (Wildman–Crippen LogP) is 1.11. The van der Waals surface area contributed by atoms with Crippen LogP contribution in [0, 0.1) is 11.3 Å². The van der Waals surface area contributed by atoms with Gasteiger partial charge in [0, 0.05) is 19.7 Å². The summed E-state index contributed by atoms with van der Waals surface area (Å²) >= 11 is 0. The van der Waals surface area contributed by atoms with E-state index in [2.05, 4.69) is 5.32 Å². The van der Waals surface area contributed by atoms with Gasteiger partial charge in [0.1, 0.15) is 0 Å². The molecule has 0 atom stereocenters. The zero-order valence-electron chi connectivity index (χ0n) is 9.58. The first kappa shape index (κ1) is 12.5. The quantitative estimate of drug-likeness (QED) is 0.596. The van der Waals surface area contributed by atoms with Crippen LogP contribution in [-0.2, 0) is 9.53 Å². The molecule has 1 aliphatic carbocycles. The SMILES string of the molecule is CC(C)(CNCCOCC1CC1)C(=O)O. The van der Waals surface area contributed by atoms with E-state index in [4.69, 9.17) is 9.84 Å². The lowest BCUT2D eigenvalue weighted by Gasteiger charge is -2.19. The third kappa shape index (κ3) is 5.14. The summed E-state index contributed by atoms with van der Waals surface area (Å²) in [4.78, 5) is 10.8. The lowest BCUT2D eigenvalue weighted by atomic mass is 9.94. The summed E-state index contributed by atoms with van der Waals surface area (Å²) in [5, 5.41) is 11.9. The number of aliphatic carboxylic acids is 1. The third-order valence-electron chi connectivity index (χ3n) is 2.62. The van der Waals surface area contributed by atoms with Crippen molar-refractivity contribution in [2.24, 2.45) is 11.3 Å². The maximum absolute atomic E-state index is 10.8. The van der Waals surface area contributed by atoms with Crippen molar-refractivity contribution < 1.29 is 14.6 Å². The van der Waals surface area contributed by atoms with Crippen molar-refractivity contribution in [2.45, 2.75) is 26.7 Å². The normalized spacial score (nSPS) is 16.7. The van der Waals surface area contributed by atoms with Crippen molar-refractivity contribution in [3.05, 3.63) is 0 Å². The Morgan fingerprint density at radius 2 is 2.20 bits per heavy atom. The summed E-state index contributed by atoms with van der Waals surface area (Å²) in [7, 11) is 0. The Hall–Kier alpha value is -0.610. The van der Waals surface area contributed by atoms with Gasteiger partial charge in [-0.1, -0.05) is 0 Å². The lowest BCUT2D eigenvalue weighted by molar-refractivity contribution is -0.146. The van der Waals surface area contributed by atoms with Gasteiger partial charge in [-0.3, -0.25) is 4.79 Å². The van der Waals surface area contributed by atoms with Crippen molar-refractivity contribution in [1.29, 1.82) is 0 Å². The van der Waals surface area contributed by atoms with Crippen LogP contribution in [0.1, 0.15) is 26.7 Å². The van der Waals surface area contributed by atoms with Crippen molar-refractivity contribution in [3.8, 4) is 0 Å². The maximum Gasteiger partial charge on any atom is 0.310 e. The predicted molar refractivity (Wildman–Crippen MR) is 57.8 cm³/mol. The van der Waals surface area contributed by atoms with Crippen LogP contribution < -0.4 is 5.32 Å². The Labute approximate surface area is 91.0 Å². The fraction of sp³-hybridized carbons (Fsp3) is 0.909. The Morgan fingerprint density at radius 1 is 1.53 bits per heavy atom. The molecule has 15 heavy (non-hydrogen) atoms. The second-order valence-electron chi connectivity index (χ2n) is 4.88. The lowest BCUT2D eigenvalue weighted by Crippen LogP contribution is -2.37. The molecule has 2 N–H and O–H groups in total. The molecule has 0 unspecified atom stereocenters. The molecule has 0 bridgehead atoms. The van der Waals surface area contributed by atoms with Crippen LogP contribution in [0.3, 0.4) is 0 Å². The maximum atomic E-state index is 10.8. The van der Waals surface area contributed by atoms with E-state index in [1.165, 1.54) is 12.8 Å². The highest BCUT2D eigenvalue weighted by Crippen LogP contribution is 2.28. The number of carbonyl (C=O) groups is 1. The molecule has 4 heteroatoms. The Bertz CT molecular complexity index is 212. The Balaban J connectivity index is 1.93. The van der Waals surface area contributed by atoms with E-state index in [0.717, 1.165) is 19.1 Å². The number of rotatable bonds is 8. The second-order valence-corrected chi connectivity index (χ2v) is 4.88. The molecule has 1 aliphatic rings. The van der Waals surface area contributed by atoms with Gasteiger partial charge in [0.05, 0.1) is 12.0 Å². The molecule has 0 amide bonds. The summed E-state index contributed by atoms with van der Waals surface area (Å²) in [5.41, 5.74) is -0.698. The van der Waals surface area contributed by atoms with Gasteiger partial charge < -0.3 is 15.2 Å². The molecular weight excluding hydrogens is 194 g/mol. The number of carboxylic acids is 1. The highest BCUT2D eigenvalue weighted by atomic mass is 16.5. The van der Waals surface area contributed by atoms with Crippen molar-refractivity contribution in [3.63, 3.8) is 0 Å². The van der Waals surface area contributed by atoms with Gasteiger partial charge in [-0.15, -0.1) is 0 Å². The van der Waals surface area contributed by atoms with E-state index in [0.29, 0.717) is 13.2 Å². The first-order chi connectivity index (χ1) is 7.02. The fourth-order valence-corrected chi connectivity index (χ4v) is 1.16. The number of ether oxygens (including phenoxy) is 1. The van der Waals surface area contributed by atoms with Crippen LogP contribution in [0.2, 0.25) is 0 Å². The molecule has 1 rings (SSSR count). The monoisotopic (exact) mass is 215 g/mol. The van der Waals surface area contributed by atoms with Crippen molar-refractivity contribution >= 4 is 5.97 Å². The molecule has 0 spiro atoms. The molecule has 1 fully saturated rings. The van der Waals surface area contributed by atoms with Crippen LogP contribution in [-0.4, -0.2) is 37.4 Å². The summed E-state index contributed by atoms with van der Waals surface area (Å²) in [6, 6.07) is 0.